The van der Waals surface area contributed by atoms with E-state index in [4.69, 9.17) is 0 Å². The van der Waals surface area contributed by atoms with Crippen molar-refractivity contribution in [3.63, 3.8) is 0 Å². The number of likely N-dealkylation sites (tertiary alicyclic amines) is 1. The number of sulfonamides is 1. The number of carbonyl (C=O) groups excluding carboxylic acids is 1. The second kappa shape index (κ2) is 9.67. The van der Waals surface area contributed by atoms with Gasteiger partial charge in [0.25, 0.3) is 5.91 Å². The van der Waals surface area contributed by atoms with Gasteiger partial charge < -0.3 is 5.32 Å². The Morgan fingerprint density at radius 1 is 1.14 bits per heavy atom. The fourth-order valence-electron chi connectivity index (χ4n) is 4.11. The molecule has 0 saturated carbocycles. The third-order valence-electron chi connectivity index (χ3n) is 5.66. The van der Waals surface area contributed by atoms with Crippen molar-refractivity contribution in [3.05, 3.63) is 42.5 Å². The quantitative estimate of drug-likeness (QED) is 0.739. The van der Waals surface area contributed by atoms with Crippen molar-refractivity contribution in [1.29, 1.82) is 0 Å². The molecule has 6 nitrogen and oxygen atoms in total. The molecule has 0 bridgehead atoms. The minimum Gasteiger partial charge on any atom is -0.349 e. The molecule has 2 aliphatic rings. The van der Waals surface area contributed by atoms with Gasteiger partial charge in [-0.2, -0.15) is 4.31 Å². The minimum atomic E-state index is -3.61. The Morgan fingerprint density at radius 2 is 1.89 bits per heavy atom. The van der Waals surface area contributed by atoms with Crippen LogP contribution in [0.1, 0.15) is 48.9 Å². The summed E-state index contributed by atoms with van der Waals surface area (Å²) in [5.41, 5.74) is 0.351. The van der Waals surface area contributed by atoms with Crippen molar-refractivity contribution in [3.8, 4) is 0 Å². The first-order valence-corrected chi connectivity index (χ1v) is 11.7. The molecule has 1 unspecified atom stereocenters. The van der Waals surface area contributed by atoms with Crippen molar-refractivity contribution in [1.82, 2.24) is 14.5 Å². The van der Waals surface area contributed by atoms with Gasteiger partial charge in [0.05, 0.1) is 4.90 Å². The molecule has 1 amide bonds. The SMILES string of the molecule is C=CCNC(=O)c1cccc(S(=O)(=O)N2CCCC(N3CCCCCC3)C2)c1. The zero-order valence-corrected chi connectivity index (χ0v) is 17.3. The number of hydrogen-bond donors (Lipinski definition) is 1. The van der Waals surface area contributed by atoms with E-state index in [1.54, 1.807) is 28.6 Å². The fraction of sp³-hybridized carbons (Fsp3) is 0.571. The maximum Gasteiger partial charge on any atom is 0.251 e. The normalized spacial score (nSPS) is 22.4. The molecule has 154 valence electrons. The van der Waals surface area contributed by atoms with Gasteiger partial charge in [0.2, 0.25) is 10.0 Å². The van der Waals surface area contributed by atoms with Gasteiger partial charge >= 0.3 is 0 Å². The highest BCUT2D eigenvalue weighted by molar-refractivity contribution is 7.89. The van der Waals surface area contributed by atoms with Gasteiger partial charge in [-0.1, -0.05) is 25.0 Å². The molecular weight excluding hydrogens is 374 g/mol. The Hall–Kier alpha value is -1.70. The zero-order chi connectivity index (χ0) is 20.0. The average Bonchev–Trinajstić information content (AvgIpc) is 3.02. The lowest BCUT2D eigenvalue weighted by atomic mass is 10.1. The molecule has 2 saturated heterocycles. The van der Waals surface area contributed by atoms with Crippen molar-refractivity contribution in [2.75, 3.05) is 32.7 Å². The molecule has 28 heavy (non-hydrogen) atoms. The molecule has 2 aliphatic heterocycles. The number of benzene rings is 1. The lowest BCUT2D eigenvalue weighted by molar-refractivity contribution is 0.0958. The van der Waals surface area contributed by atoms with Gasteiger partial charge in [0.1, 0.15) is 0 Å². The third kappa shape index (κ3) is 5.01. The Kier molecular flexibility index (Phi) is 7.26. The molecule has 7 heteroatoms. The van der Waals surface area contributed by atoms with Gasteiger partial charge in [-0.3, -0.25) is 9.69 Å². The summed E-state index contributed by atoms with van der Waals surface area (Å²) in [6, 6.07) is 6.61. The van der Waals surface area contributed by atoms with Crippen LogP contribution in [0.15, 0.2) is 41.8 Å². The molecule has 0 spiro atoms. The first-order valence-electron chi connectivity index (χ1n) is 10.3. The molecule has 2 heterocycles. The van der Waals surface area contributed by atoms with Crippen molar-refractivity contribution in [2.45, 2.75) is 49.5 Å². The molecule has 1 aromatic rings. The first kappa shape index (κ1) is 21.0. The summed E-state index contributed by atoms with van der Waals surface area (Å²) in [6.45, 7) is 7.13. The Balaban J connectivity index is 1.74. The summed E-state index contributed by atoms with van der Waals surface area (Å²) < 4.78 is 28.1. The number of hydrogen-bond acceptors (Lipinski definition) is 4. The Labute approximate surface area is 168 Å². The minimum absolute atomic E-state index is 0.190. The number of carbonyl (C=O) groups is 1. The van der Waals surface area contributed by atoms with Crippen LogP contribution in [-0.2, 0) is 10.0 Å². The monoisotopic (exact) mass is 405 g/mol. The molecule has 1 aromatic carbocycles. The van der Waals surface area contributed by atoms with Gasteiger partial charge in [-0.05, 0) is 57.0 Å². The molecule has 1 atom stereocenters. The Bertz CT molecular complexity index is 786. The van der Waals surface area contributed by atoms with Gasteiger partial charge in [0.15, 0.2) is 0 Å². The van der Waals surface area contributed by atoms with E-state index in [9.17, 15) is 13.2 Å². The standard InChI is InChI=1S/C21H31N3O3S/c1-2-12-22-21(25)18-9-7-11-20(16-18)28(26,27)24-15-8-10-19(17-24)23-13-5-3-4-6-14-23/h2,7,9,11,16,19H,1,3-6,8,10,12-15,17H2,(H,22,25). The van der Waals surface area contributed by atoms with Gasteiger partial charge in [-0.15, -0.1) is 6.58 Å². The summed E-state index contributed by atoms with van der Waals surface area (Å²) in [6.07, 6.45) is 8.46. The van der Waals surface area contributed by atoms with E-state index in [-0.39, 0.29) is 10.8 Å². The van der Waals surface area contributed by atoms with Crippen LogP contribution in [0.3, 0.4) is 0 Å². The summed E-state index contributed by atoms with van der Waals surface area (Å²) in [5, 5.41) is 2.69. The number of piperidine rings is 1. The lowest BCUT2D eigenvalue weighted by Gasteiger charge is -2.38. The maximum absolute atomic E-state index is 13.2. The Morgan fingerprint density at radius 3 is 2.61 bits per heavy atom. The summed E-state index contributed by atoms with van der Waals surface area (Å²) in [4.78, 5) is 14.8. The fourth-order valence-corrected chi connectivity index (χ4v) is 5.67. The van der Waals surface area contributed by atoms with E-state index >= 15 is 0 Å². The summed E-state index contributed by atoms with van der Waals surface area (Å²) in [5.74, 6) is -0.293. The van der Waals surface area contributed by atoms with Crippen LogP contribution >= 0.6 is 0 Å². The predicted molar refractivity (Wildman–Crippen MR) is 111 cm³/mol. The van der Waals surface area contributed by atoms with Gasteiger partial charge in [-0.25, -0.2) is 8.42 Å². The van der Waals surface area contributed by atoms with E-state index in [0.717, 1.165) is 25.9 Å². The highest BCUT2D eigenvalue weighted by atomic mass is 32.2. The van der Waals surface area contributed by atoms with Crippen LogP contribution in [0.4, 0.5) is 0 Å². The topological polar surface area (TPSA) is 69.7 Å². The number of amides is 1. The third-order valence-corrected chi connectivity index (χ3v) is 7.52. The highest BCUT2D eigenvalue weighted by Gasteiger charge is 2.33. The molecule has 0 aliphatic carbocycles. The second-order valence-electron chi connectivity index (χ2n) is 7.64. The molecular formula is C21H31N3O3S. The van der Waals surface area contributed by atoms with E-state index in [1.165, 1.54) is 31.7 Å². The van der Waals surface area contributed by atoms with Crippen LogP contribution < -0.4 is 5.32 Å². The van der Waals surface area contributed by atoms with Crippen LogP contribution in [0.5, 0.6) is 0 Å². The molecule has 1 N–H and O–H groups in total. The maximum atomic E-state index is 13.2. The van der Waals surface area contributed by atoms with Crippen LogP contribution in [0, 0.1) is 0 Å². The van der Waals surface area contributed by atoms with Crippen LogP contribution in [0.2, 0.25) is 0 Å². The van der Waals surface area contributed by atoms with Crippen molar-refractivity contribution < 1.29 is 13.2 Å². The molecule has 0 radical (unpaired) electrons. The zero-order valence-electron chi connectivity index (χ0n) is 16.5. The lowest BCUT2D eigenvalue weighted by Crippen LogP contribution is -2.50. The van der Waals surface area contributed by atoms with Crippen LogP contribution in [-0.4, -0.2) is 62.3 Å². The largest absolute Gasteiger partial charge is 0.349 e. The van der Waals surface area contributed by atoms with E-state index in [0.29, 0.717) is 31.2 Å². The highest BCUT2D eigenvalue weighted by Crippen LogP contribution is 2.25. The van der Waals surface area contributed by atoms with E-state index in [2.05, 4.69) is 16.8 Å². The second-order valence-corrected chi connectivity index (χ2v) is 9.57. The van der Waals surface area contributed by atoms with Gasteiger partial charge in [0, 0.05) is 31.2 Å². The van der Waals surface area contributed by atoms with E-state index < -0.39 is 10.0 Å². The smallest absolute Gasteiger partial charge is 0.251 e. The summed E-state index contributed by atoms with van der Waals surface area (Å²) >= 11 is 0. The van der Waals surface area contributed by atoms with E-state index in [1.807, 2.05) is 0 Å². The number of rotatable bonds is 6. The molecule has 3 rings (SSSR count). The van der Waals surface area contributed by atoms with Crippen molar-refractivity contribution >= 4 is 15.9 Å². The average molecular weight is 406 g/mol. The summed E-state index contributed by atoms with van der Waals surface area (Å²) in [7, 11) is -3.61. The van der Waals surface area contributed by atoms with Crippen LogP contribution in [0.25, 0.3) is 0 Å². The number of nitrogens with zero attached hydrogens (tertiary/aromatic N) is 2. The van der Waals surface area contributed by atoms with Crippen molar-refractivity contribution in [2.24, 2.45) is 0 Å². The molecule has 2 fully saturated rings. The predicted octanol–water partition coefficient (Wildman–Crippen LogP) is 2.63. The number of nitrogens with one attached hydrogen (secondary N) is 1. The first-order chi connectivity index (χ1) is 13.5. The molecule has 0 aromatic heterocycles.